The number of carbonyl (C=O) groups is 2. The predicted molar refractivity (Wildman–Crippen MR) is 239 cm³/mol. The molecule has 1 fully saturated rings. The molecule has 0 radical (unpaired) electrons. The molecule has 0 spiro atoms. The molecule has 332 valence electrons. The van der Waals surface area contributed by atoms with Gasteiger partial charge in [0.25, 0.3) is 0 Å². The van der Waals surface area contributed by atoms with Gasteiger partial charge in [0, 0.05) is 24.1 Å². The van der Waals surface area contributed by atoms with E-state index in [1.54, 1.807) is 7.11 Å². The highest BCUT2D eigenvalue weighted by atomic mass is 32.2. The van der Waals surface area contributed by atoms with Gasteiger partial charge in [0.2, 0.25) is 11.7 Å². The maximum Gasteiger partial charge on any atom is 0.326 e. The number of H-pyrrole nitrogens is 1. The first-order valence-corrected chi connectivity index (χ1v) is 21.9. The lowest BCUT2D eigenvalue weighted by Crippen LogP contribution is -2.51. The number of thioether (sulfide) groups is 1. The number of carbonyl (C=O) groups excluding carboxylic acids is 1. The minimum atomic E-state index is -1.34. The van der Waals surface area contributed by atoms with Crippen LogP contribution in [0.5, 0.6) is 11.5 Å². The Morgan fingerprint density at radius 3 is 2.16 bits per heavy atom. The fourth-order valence-corrected chi connectivity index (χ4v) is 9.00. The first-order valence-electron chi connectivity index (χ1n) is 21.0. The van der Waals surface area contributed by atoms with Crippen LogP contribution >= 0.6 is 11.8 Å². The lowest BCUT2D eigenvalue weighted by atomic mass is 9.92. The maximum absolute atomic E-state index is 12.9. The van der Waals surface area contributed by atoms with Gasteiger partial charge < -0.3 is 39.9 Å². The van der Waals surface area contributed by atoms with Gasteiger partial charge >= 0.3 is 5.97 Å². The highest BCUT2D eigenvalue weighted by Gasteiger charge is 2.44. The number of carboxylic acids is 1. The average Bonchev–Trinajstić information content (AvgIpc) is 3.82. The van der Waals surface area contributed by atoms with E-state index < -0.39 is 40.8 Å². The summed E-state index contributed by atoms with van der Waals surface area (Å²) in [5.41, 5.74) is 7.66. The number of unbranched alkanes of at least 4 members (excludes halogenated alkanes) is 1. The van der Waals surface area contributed by atoms with Crippen molar-refractivity contribution in [2.75, 3.05) is 20.3 Å². The van der Waals surface area contributed by atoms with Crippen molar-refractivity contribution in [3.05, 3.63) is 113 Å². The third-order valence-corrected chi connectivity index (χ3v) is 12.5. The monoisotopic (exact) mass is 869 g/mol. The summed E-state index contributed by atoms with van der Waals surface area (Å²) in [6.07, 6.45) is -1.04. The number of aromatic nitrogens is 4. The number of hydrogen-bond donors (Lipinski definition) is 6. The summed E-state index contributed by atoms with van der Waals surface area (Å²) in [5.74, 6) is 0.658. The second kappa shape index (κ2) is 22.7. The van der Waals surface area contributed by atoms with Gasteiger partial charge in [0.05, 0.1) is 43.0 Å². The molecule has 4 aromatic carbocycles. The van der Waals surface area contributed by atoms with Gasteiger partial charge in [-0.15, -0.1) is 22.0 Å². The Morgan fingerprint density at radius 2 is 1.58 bits per heavy atom. The number of ether oxygens (including phenoxy) is 2. The van der Waals surface area contributed by atoms with Gasteiger partial charge in [-0.1, -0.05) is 93.9 Å². The summed E-state index contributed by atoms with van der Waals surface area (Å²) < 4.78 is 11.1. The fourth-order valence-electron chi connectivity index (χ4n) is 7.57. The summed E-state index contributed by atoms with van der Waals surface area (Å²) in [6.45, 7) is 10.2. The molecule has 6 N–H and O–H groups in total. The van der Waals surface area contributed by atoms with Crippen molar-refractivity contribution in [2.45, 2.75) is 102 Å². The van der Waals surface area contributed by atoms with Crippen LogP contribution in [0.15, 0.2) is 84.9 Å². The van der Waals surface area contributed by atoms with Crippen LogP contribution < -0.4 is 9.47 Å². The highest BCUT2D eigenvalue weighted by Crippen LogP contribution is 2.46. The Morgan fingerprint density at radius 1 is 0.903 bits per heavy atom. The van der Waals surface area contributed by atoms with E-state index in [2.05, 4.69) is 20.6 Å². The number of aromatic amines is 1. The number of nitrogens with zero attached hydrogens (tertiary/aromatic N) is 4. The molecule has 0 saturated carbocycles. The molecule has 1 aromatic heterocycles. The molecule has 0 aliphatic carbocycles. The number of aliphatic carboxylic acids is 1. The number of benzene rings is 4. The second-order valence-corrected chi connectivity index (χ2v) is 17.0. The van der Waals surface area contributed by atoms with Crippen LogP contribution in [0, 0.1) is 12.8 Å². The number of tetrazole rings is 1. The minimum absolute atomic E-state index is 0.125. The number of aryl methyl sites for hydroxylation is 1. The molecule has 1 amide bonds. The first-order chi connectivity index (χ1) is 29.8. The summed E-state index contributed by atoms with van der Waals surface area (Å²) >= 11 is 1.26. The standard InChI is InChI=1S/C24H29N5O3.C23H30O6S/c1-4-5-10-21(30)29(22(16(2)3)24(31)32)15-17-11-13-18(14-12-17)19-8-6-7-9-20(19)23-25-27-28-26-23;1-4-29-16-7-5-14(6-8-16)10-15-11-17(18(28-3)9-13(15)2)23-22(27)21(26)20(25)19(12-24)30-23/h6-9,11-14,16,22H,4-5,10,15H2,1-3H3,(H,31,32)(H,25,26,27,28);5-9,11,19-27H,4,10,12H2,1-3H3/t22-;19-,20-,21+,22-,23+/m01/s1. The zero-order valence-electron chi connectivity index (χ0n) is 36.1. The Balaban J connectivity index is 0.000000235. The Labute approximate surface area is 367 Å². The van der Waals surface area contributed by atoms with E-state index in [-0.39, 0.29) is 25.0 Å². The minimum Gasteiger partial charge on any atom is -0.496 e. The number of amides is 1. The summed E-state index contributed by atoms with van der Waals surface area (Å²) in [4.78, 5) is 26.3. The van der Waals surface area contributed by atoms with E-state index in [0.29, 0.717) is 31.0 Å². The van der Waals surface area contributed by atoms with Crippen molar-refractivity contribution < 1.29 is 44.6 Å². The number of aliphatic hydroxyl groups excluding tert-OH is 4. The second-order valence-electron chi connectivity index (χ2n) is 15.7. The smallest absolute Gasteiger partial charge is 0.326 e. The summed E-state index contributed by atoms with van der Waals surface area (Å²) in [6, 6.07) is 26.6. The Hall–Kier alpha value is -5.32. The van der Waals surface area contributed by atoms with Crippen LogP contribution in [0.25, 0.3) is 22.5 Å². The quantitative estimate of drug-likeness (QED) is 0.0600. The molecule has 0 unspecified atom stereocenters. The SMILES string of the molecule is CCCCC(=O)N(Cc1ccc(-c2ccccc2-c2nn[nH]n2)cc1)[C@H](C(=O)O)C(C)C.CCOc1ccc(Cc2cc([C@@H]3S[C@H](CO)[C@@H](O)[C@H](O)[C@H]3O)c(OC)cc2C)cc1. The molecule has 5 aromatic rings. The van der Waals surface area contributed by atoms with E-state index in [0.717, 1.165) is 63.1 Å². The maximum atomic E-state index is 12.9. The van der Waals surface area contributed by atoms with Crippen LogP contribution in [0.2, 0.25) is 0 Å². The van der Waals surface area contributed by atoms with E-state index >= 15 is 0 Å². The van der Waals surface area contributed by atoms with Crippen molar-refractivity contribution in [1.29, 1.82) is 0 Å². The number of methoxy groups -OCH3 is 1. The third-order valence-electron chi connectivity index (χ3n) is 10.9. The summed E-state index contributed by atoms with van der Waals surface area (Å²) in [7, 11) is 1.57. The van der Waals surface area contributed by atoms with E-state index in [4.69, 9.17) is 9.47 Å². The average molecular weight is 870 g/mol. The number of hydrogen-bond acceptors (Lipinski definition) is 12. The largest absolute Gasteiger partial charge is 0.496 e. The molecule has 1 aliphatic rings. The van der Waals surface area contributed by atoms with E-state index in [1.165, 1.54) is 16.7 Å². The Bertz CT molecular complexity index is 2190. The van der Waals surface area contributed by atoms with Gasteiger partial charge in [-0.3, -0.25) is 4.79 Å². The van der Waals surface area contributed by atoms with Gasteiger partial charge in [-0.05, 0) is 89.4 Å². The fraction of sp³-hybridized carbons (Fsp3) is 0.426. The zero-order chi connectivity index (χ0) is 44.9. The lowest BCUT2D eigenvalue weighted by Gasteiger charge is -2.40. The number of rotatable bonds is 17. The van der Waals surface area contributed by atoms with Crippen molar-refractivity contribution in [2.24, 2.45) is 5.92 Å². The molecular formula is C47H59N5O9S. The van der Waals surface area contributed by atoms with Crippen molar-refractivity contribution >= 4 is 23.6 Å². The number of aliphatic hydroxyl groups is 4. The molecule has 1 aliphatic heterocycles. The number of nitrogens with one attached hydrogen (secondary N) is 1. The topological polar surface area (TPSA) is 211 Å². The predicted octanol–water partition coefficient (Wildman–Crippen LogP) is 6.39. The van der Waals surface area contributed by atoms with Gasteiger partial charge in [-0.25, -0.2) is 4.79 Å². The highest BCUT2D eigenvalue weighted by molar-refractivity contribution is 8.00. The molecule has 6 atom stereocenters. The first kappa shape index (κ1) is 47.7. The third kappa shape index (κ3) is 11.8. The summed E-state index contributed by atoms with van der Waals surface area (Å²) in [5, 5.41) is 63.6. The molecule has 14 nitrogen and oxygen atoms in total. The molecule has 2 heterocycles. The number of carboxylic acid groups (broad SMARTS) is 1. The van der Waals surface area contributed by atoms with Crippen LogP contribution in [0.4, 0.5) is 0 Å². The van der Waals surface area contributed by atoms with Gasteiger partial charge in [-0.2, -0.15) is 5.21 Å². The molecule has 0 bridgehead atoms. The van der Waals surface area contributed by atoms with Crippen LogP contribution in [-0.2, 0) is 22.6 Å². The molecule has 1 saturated heterocycles. The van der Waals surface area contributed by atoms with Gasteiger partial charge in [0.15, 0.2) is 0 Å². The zero-order valence-corrected chi connectivity index (χ0v) is 37.0. The lowest BCUT2D eigenvalue weighted by molar-refractivity contribution is -0.153. The van der Waals surface area contributed by atoms with Gasteiger partial charge in [0.1, 0.15) is 23.6 Å². The van der Waals surface area contributed by atoms with E-state index in [1.807, 2.05) is 120 Å². The van der Waals surface area contributed by atoms with Crippen molar-refractivity contribution in [3.63, 3.8) is 0 Å². The molecular weight excluding hydrogens is 811 g/mol. The molecule has 62 heavy (non-hydrogen) atoms. The van der Waals surface area contributed by atoms with Crippen molar-refractivity contribution in [1.82, 2.24) is 25.5 Å². The molecule has 15 heteroatoms. The van der Waals surface area contributed by atoms with Crippen molar-refractivity contribution in [3.8, 4) is 34.0 Å². The Kier molecular flexibility index (Phi) is 17.5. The van der Waals surface area contributed by atoms with Crippen LogP contribution in [-0.4, -0.2) is 113 Å². The molecule has 6 rings (SSSR count). The van der Waals surface area contributed by atoms with E-state index in [9.17, 15) is 35.1 Å². The van der Waals surface area contributed by atoms with Crippen LogP contribution in [0.1, 0.15) is 80.0 Å². The van der Waals surface area contributed by atoms with Crippen LogP contribution in [0.3, 0.4) is 0 Å². The normalized spacial score (nSPS) is 19.0.